The average molecular weight is 536 g/mol. The summed E-state index contributed by atoms with van der Waals surface area (Å²) >= 11 is 0. The van der Waals surface area contributed by atoms with Crippen LogP contribution in [-0.2, 0) is 18.3 Å². The molecule has 4 aromatic rings. The molecule has 3 heterocycles. The lowest BCUT2D eigenvalue weighted by Gasteiger charge is -2.27. The van der Waals surface area contributed by atoms with Crippen LogP contribution in [0, 0.1) is 24.1 Å². The summed E-state index contributed by atoms with van der Waals surface area (Å²) in [5, 5.41) is 30.7. The number of halogens is 1. The summed E-state index contributed by atoms with van der Waals surface area (Å²) < 4.78 is 27.2. The number of benzene rings is 1. The molecule has 0 bridgehead atoms. The van der Waals surface area contributed by atoms with E-state index in [4.69, 9.17) is 9.26 Å². The maximum absolute atomic E-state index is 14.5. The molecule has 0 aliphatic rings. The Hall–Kier alpha value is -4.83. The van der Waals surface area contributed by atoms with E-state index in [1.807, 2.05) is 6.92 Å². The van der Waals surface area contributed by atoms with Gasteiger partial charge in [-0.2, -0.15) is 10.4 Å². The molecule has 202 valence electrons. The molecule has 0 saturated heterocycles. The Labute approximate surface area is 222 Å². The highest BCUT2D eigenvalue weighted by molar-refractivity contribution is 6.04. The SMILES string of the molecule is COCCn1ncc(C(c2cc(F)ccc2C#N)C(C)c2nc(C(=O)Nc3cnoc3)c(O)c(=O)n2C)c1C. The number of nitrogens with zero attached hydrogens (tertiary/aromatic N) is 6. The van der Waals surface area contributed by atoms with Crippen molar-refractivity contribution in [1.29, 1.82) is 5.26 Å². The third kappa shape index (κ3) is 5.27. The van der Waals surface area contributed by atoms with Crippen LogP contribution in [0.15, 0.2) is 46.2 Å². The van der Waals surface area contributed by atoms with Gasteiger partial charge in [0.2, 0.25) is 5.75 Å². The van der Waals surface area contributed by atoms with E-state index >= 15 is 0 Å². The number of amides is 1. The van der Waals surface area contributed by atoms with Crippen LogP contribution in [0.3, 0.4) is 0 Å². The first kappa shape index (κ1) is 27.2. The molecule has 0 aliphatic heterocycles. The molecule has 2 atom stereocenters. The molecule has 39 heavy (non-hydrogen) atoms. The zero-order chi connectivity index (χ0) is 28.3. The van der Waals surface area contributed by atoms with Gasteiger partial charge in [-0.3, -0.25) is 18.8 Å². The van der Waals surface area contributed by atoms with Crippen LogP contribution >= 0.6 is 0 Å². The van der Waals surface area contributed by atoms with Crippen molar-refractivity contribution in [3.05, 3.63) is 86.9 Å². The standard InChI is InChI=1S/C26H26FN7O5/c1-14(24-32-22(23(35)26(37)33(24)3)25(36)31-18-11-30-39-13-18)21(19-9-17(27)6-5-16(19)10-28)20-12-29-34(15(20)2)7-8-38-4/h5-6,9,11-14,21,35H,7-8H2,1-4H3,(H,31,36). The molecule has 12 nitrogen and oxygen atoms in total. The van der Waals surface area contributed by atoms with E-state index in [2.05, 4.69) is 26.6 Å². The number of anilines is 1. The molecule has 13 heteroatoms. The van der Waals surface area contributed by atoms with Crippen LogP contribution in [0.25, 0.3) is 0 Å². The van der Waals surface area contributed by atoms with Crippen LogP contribution in [0.4, 0.5) is 10.1 Å². The number of hydrogen-bond donors (Lipinski definition) is 2. The molecule has 3 aromatic heterocycles. The zero-order valence-electron chi connectivity index (χ0n) is 21.7. The fourth-order valence-corrected chi connectivity index (χ4v) is 4.55. The van der Waals surface area contributed by atoms with Crippen molar-refractivity contribution in [2.45, 2.75) is 32.2 Å². The third-order valence-electron chi connectivity index (χ3n) is 6.57. The summed E-state index contributed by atoms with van der Waals surface area (Å²) in [7, 11) is 2.98. The molecule has 0 aliphatic carbocycles. The minimum absolute atomic E-state index is 0.121. The number of aromatic nitrogens is 5. The Balaban J connectivity index is 1.89. The second-order valence-corrected chi connectivity index (χ2v) is 8.91. The number of carbonyl (C=O) groups excluding carboxylic acids is 1. The van der Waals surface area contributed by atoms with E-state index in [0.717, 1.165) is 10.3 Å². The van der Waals surface area contributed by atoms with Crippen LogP contribution in [0.2, 0.25) is 0 Å². The van der Waals surface area contributed by atoms with Crippen molar-refractivity contribution in [2.75, 3.05) is 19.0 Å². The summed E-state index contributed by atoms with van der Waals surface area (Å²) in [4.78, 5) is 30.3. The lowest BCUT2D eigenvalue weighted by atomic mass is 9.79. The van der Waals surface area contributed by atoms with Crippen molar-refractivity contribution in [1.82, 2.24) is 24.5 Å². The highest BCUT2D eigenvalue weighted by Crippen LogP contribution is 2.40. The molecule has 1 amide bonds. The Bertz CT molecular complexity index is 1600. The number of nitriles is 1. The molecule has 0 fully saturated rings. The van der Waals surface area contributed by atoms with Gasteiger partial charge in [-0.05, 0) is 30.7 Å². The second kappa shape index (κ2) is 11.3. The first-order chi connectivity index (χ1) is 18.7. The molecule has 2 N–H and O–H groups in total. The Kier molecular flexibility index (Phi) is 7.87. The van der Waals surface area contributed by atoms with E-state index in [1.165, 1.54) is 37.7 Å². The van der Waals surface area contributed by atoms with Gasteiger partial charge in [-0.1, -0.05) is 12.1 Å². The smallest absolute Gasteiger partial charge is 0.296 e. The van der Waals surface area contributed by atoms with Crippen molar-refractivity contribution >= 4 is 11.6 Å². The average Bonchev–Trinajstić information content (AvgIpc) is 3.56. The normalized spacial score (nSPS) is 12.6. The van der Waals surface area contributed by atoms with E-state index in [1.54, 1.807) is 24.9 Å². The highest BCUT2D eigenvalue weighted by Gasteiger charge is 2.33. The third-order valence-corrected chi connectivity index (χ3v) is 6.57. The summed E-state index contributed by atoms with van der Waals surface area (Å²) in [6.07, 6.45) is 4.04. The van der Waals surface area contributed by atoms with E-state index in [-0.39, 0.29) is 17.1 Å². The fraction of sp³-hybridized carbons (Fsp3) is 0.308. The molecule has 0 saturated carbocycles. The van der Waals surface area contributed by atoms with Gasteiger partial charge in [0.1, 0.15) is 23.6 Å². The Morgan fingerprint density at radius 1 is 1.33 bits per heavy atom. The van der Waals surface area contributed by atoms with Crippen molar-refractivity contribution in [3.63, 3.8) is 0 Å². The van der Waals surface area contributed by atoms with Crippen LogP contribution < -0.4 is 10.9 Å². The highest BCUT2D eigenvalue weighted by atomic mass is 19.1. The molecule has 2 unspecified atom stereocenters. The van der Waals surface area contributed by atoms with Crippen molar-refractivity contribution in [2.24, 2.45) is 7.05 Å². The van der Waals surface area contributed by atoms with Crippen LogP contribution in [-0.4, -0.2) is 49.2 Å². The number of aromatic hydroxyl groups is 1. The van der Waals surface area contributed by atoms with Gasteiger partial charge < -0.3 is 19.7 Å². The van der Waals surface area contributed by atoms with Gasteiger partial charge in [0, 0.05) is 37.3 Å². The van der Waals surface area contributed by atoms with Gasteiger partial charge in [0.05, 0.1) is 37.2 Å². The van der Waals surface area contributed by atoms with Crippen molar-refractivity contribution in [3.8, 4) is 11.8 Å². The fourth-order valence-electron chi connectivity index (χ4n) is 4.55. The van der Waals surface area contributed by atoms with Gasteiger partial charge in [0.25, 0.3) is 11.5 Å². The number of methoxy groups -OCH3 is 1. The summed E-state index contributed by atoms with van der Waals surface area (Å²) in [5.74, 6) is -3.53. The van der Waals surface area contributed by atoms with Gasteiger partial charge in [-0.25, -0.2) is 9.37 Å². The number of hydrogen-bond acceptors (Lipinski definition) is 9. The molecule has 1 aromatic carbocycles. The lowest BCUT2D eigenvalue weighted by molar-refractivity contribution is 0.101. The monoisotopic (exact) mass is 535 g/mol. The van der Waals surface area contributed by atoms with E-state index in [0.29, 0.717) is 24.3 Å². The molecule has 0 spiro atoms. The Morgan fingerprint density at radius 2 is 2.10 bits per heavy atom. The minimum atomic E-state index is -0.856. The molecular formula is C26H26FN7O5. The first-order valence-electron chi connectivity index (χ1n) is 11.9. The van der Waals surface area contributed by atoms with Crippen LogP contribution in [0.1, 0.15) is 57.5 Å². The molecule has 0 radical (unpaired) electrons. The Morgan fingerprint density at radius 3 is 2.77 bits per heavy atom. The lowest BCUT2D eigenvalue weighted by Crippen LogP contribution is -2.29. The maximum atomic E-state index is 14.5. The van der Waals surface area contributed by atoms with Crippen molar-refractivity contribution < 1.29 is 23.6 Å². The number of rotatable bonds is 9. The summed E-state index contributed by atoms with van der Waals surface area (Å²) in [5.41, 5.74) is 0.834. The predicted octanol–water partition coefficient (Wildman–Crippen LogP) is 2.82. The molecule has 4 rings (SSSR count). The number of carbonyl (C=O) groups is 1. The maximum Gasteiger partial charge on any atom is 0.296 e. The minimum Gasteiger partial charge on any atom is -0.501 e. The quantitative estimate of drug-likeness (QED) is 0.328. The van der Waals surface area contributed by atoms with E-state index < -0.39 is 40.6 Å². The number of ether oxygens (including phenoxy) is 1. The second-order valence-electron chi connectivity index (χ2n) is 8.91. The summed E-state index contributed by atoms with van der Waals surface area (Å²) in [6.45, 7) is 4.44. The molecular weight excluding hydrogens is 509 g/mol. The zero-order valence-corrected chi connectivity index (χ0v) is 21.7. The van der Waals surface area contributed by atoms with Crippen LogP contribution in [0.5, 0.6) is 5.75 Å². The van der Waals surface area contributed by atoms with Gasteiger partial charge >= 0.3 is 0 Å². The first-order valence-corrected chi connectivity index (χ1v) is 11.9. The van der Waals surface area contributed by atoms with Gasteiger partial charge in [0.15, 0.2) is 5.69 Å². The predicted molar refractivity (Wildman–Crippen MR) is 136 cm³/mol. The van der Waals surface area contributed by atoms with Gasteiger partial charge in [-0.15, -0.1) is 0 Å². The van der Waals surface area contributed by atoms with E-state index in [9.17, 15) is 24.3 Å². The summed E-state index contributed by atoms with van der Waals surface area (Å²) in [6, 6.07) is 5.96. The number of nitrogens with one attached hydrogen (secondary N) is 1. The largest absolute Gasteiger partial charge is 0.501 e. The topological polar surface area (TPSA) is 161 Å².